The molecule has 0 saturated heterocycles. The number of nitrogens with zero attached hydrogens (tertiary/aromatic N) is 2. The molecule has 1 aromatic carbocycles. The van der Waals surface area contributed by atoms with Gasteiger partial charge in [0, 0.05) is 29.1 Å². The second-order valence-corrected chi connectivity index (χ2v) is 6.60. The van der Waals surface area contributed by atoms with Crippen molar-refractivity contribution in [2.45, 2.75) is 19.9 Å². The van der Waals surface area contributed by atoms with E-state index in [0.717, 1.165) is 0 Å². The van der Waals surface area contributed by atoms with Crippen LogP contribution in [0.1, 0.15) is 13.8 Å². The van der Waals surface area contributed by atoms with Gasteiger partial charge in [-0.3, -0.25) is 4.98 Å². The van der Waals surface area contributed by atoms with Crippen molar-refractivity contribution in [1.29, 1.82) is 0 Å². The van der Waals surface area contributed by atoms with Gasteiger partial charge in [-0.25, -0.2) is 9.37 Å². The van der Waals surface area contributed by atoms with Crippen molar-refractivity contribution in [1.82, 2.24) is 9.97 Å². The zero-order valence-electron chi connectivity index (χ0n) is 13.7. The normalized spacial score (nSPS) is 11.0. The summed E-state index contributed by atoms with van der Waals surface area (Å²) in [5.74, 6) is -0.450. The third-order valence-electron chi connectivity index (χ3n) is 3.56. The fourth-order valence-corrected chi connectivity index (χ4v) is 3.10. The van der Waals surface area contributed by atoms with Gasteiger partial charge in [-0.1, -0.05) is 35.3 Å². The molecule has 0 atom stereocenters. The van der Waals surface area contributed by atoms with Crippen molar-refractivity contribution in [3.05, 3.63) is 64.7 Å². The second-order valence-electron chi connectivity index (χ2n) is 5.83. The van der Waals surface area contributed by atoms with Gasteiger partial charge in [0.1, 0.15) is 11.0 Å². The highest BCUT2D eigenvalue weighted by atomic mass is 35.5. The number of aromatic nitrogens is 2. The van der Waals surface area contributed by atoms with Gasteiger partial charge < -0.3 is 5.32 Å². The molecule has 128 valence electrons. The first-order chi connectivity index (χ1) is 12.0. The quantitative estimate of drug-likeness (QED) is 0.561. The van der Waals surface area contributed by atoms with Gasteiger partial charge in [-0.2, -0.15) is 0 Å². The van der Waals surface area contributed by atoms with E-state index in [2.05, 4.69) is 15.3 Å². The third-order valence-corrected chi connectivity index (χ3v) is 4.15. The third kappa shape index (κ3) is 3.75. The minimum atomic E-state index is -0.450. The van der Waals surface area contributed by atoms with Crippen molar-refractivity contribution < 1.29 is 4.39 Å². The lowest BCUT2D eigenvalue weighted by Crippen LogP contribution is -2.12. The zero-order chi connectivity index (χ0) is 18.0. The van der Waals surface area contributed by atoms with Gasteiger partial charge in [-0.05, 0) is 44.2 Å². The fourth-order valence-electron chi connectivity index (χ4n) is 2.56. The molecule has 0 fully saturated rings. The lowest BCUT2D eigenvalue weighted by atomic mass is 10.0. The van der Waals surface area contributed by atoms with Crippen LogP contribution >= 0.6 is 23.2 Å². The lowest BCUT2D eigenvalue weighted by Gasteiger charge is -2.18. The molecule has 0 aliphatic heterocycles. The van der Waals surface area contributed by atoms with Crippen LogP contribution in [0.4, 0.5) is 10.1 Å². The van der Waals surface area contributed by atoms with Gasteiger partial charge >= 0.3 is 0 Å². The Morgan fingerprint density at radius 3 is 2.44 bits per heavy atom. The summed E-state index contributed by atoms with van der Waals surface area (Å²) in [6, 6.07) is 12.0. The second kappa shape index (κ2) is 7.38. The number of hydrogen-bond donors (Lipinski definition) is 1. The maximum atomic E-state index is 14.4. The summed E-state index contributed by atoms with van der Waals surface area (Å²) in [7, 11) is 0. The van der Waals surface area contributed by atoms with Crippen LogP contribution in [-0.2, 0) is 0 Å². The lowest BCUT2D eigenvalue weighted by molar-refractivity contribution is 0.631. The predicted octanol–water partition coefficient (Wildman–Crippen LogP) is 6.08. The molecule has 0 unspecified atom stereocenters. The summed E-state index contributed by atoms with van der Waals surface area (Å²) in [4.78, 5) is 8.71. The molecule has 2 heterocycles. The molecule has 1 N–H and O–H groups in total. The Morgan fingerprint density at radius 2 is 1.80 bits per heavy atom. The highest BCUT2D eigenvalue weighted by Gasteiger charge is 2.20. The van der Waals surface area contributed by atoms with E-state index in [0.29, 0.717) is 22.6 Å². The van der Waals surface area contributed by atoms with E-state index < -0.39 is 5.82 Å². The monoisotopic (exact) mass is 375 g/mol. The van der Waals surface area contributed by atoms with Gasteiger partial charge in [0.15, 0.2) is 0 Å². The molecule has 25 heavy (non-hydrogen) atoms. The number of benzene rings is 1. The Hall–Kier alpha value is -2.17. The molecule has 0 saturated carbocycles. The molecule has 0 aliphatic rings. The van der Waals surface area contributed by atoms with Crippen LogP contribution in [0.5, 0.6) is 0 Å². The first kappa shape index (κ1) is 17.6. The zero-order valence-corrected chi connectivity index (χ0v) is 15.2. The van der Waals surface area contributed by atoms with Crippen molar-refractivity contribution in [2.75, 3.05) is 5.32 Å². The molecule has 3 nitrogen and oxygen atoms in total. The van der Waals surface area contributed by atoms with E-state index >= 15 is 0 Å². The Morgan fingerprint density at radius 1 is 1.00 bits per heavy atom. The molecule has 0 radical (unpaired) electrons. The molecule has 0 bridgehead atoms. The molecule has 6 heteroatoms. The highest BCUT2D eigenvalue weighted by molar-refractivity contribution is 6.36. The summed E-state index contributed by atoms with van der Waals surface area (Å²) in [6.45, 7) is 3.98. The summed E-state index contributed by atoms with van der Waals surface area (Å²) in [6.07, 6.45) is 1.68. The van der Waals surface area contributed by atoms with Crippen LogP contribution in [0.25, 0.3) is 22.5 Å². The Labute approximate surface area is 155 Å². The van der Waals surface area contributed by atoms with Crippen molar-refractivity contribution in [2.24, 2.45) is 0 Å². The minimum Gasteiger partial charge on any atom is -0.382 e. The summed E-state index contributed by atoms with van der Waals surface area (Å²) >= 11 is 12.7. The number of nitrogens with one attached hydrogen (secondary N) is 1. The average molecular weight is 376 g/mol. The first-order valence-corrected chi connectivity index (χ1v) is 8.56. The van der Waals surface area contributed by atoms with Crippen LogP contribution in [0, 0.1) is 5.82 Å². The molecule has 2 aromatic heterocycles. The van der Waals surface area contributed by atoms with Gasteiger partial charge in [-0.15, -0.1) is 0 Å². The highest BCUT2D eigenvalue weighted by Crippen LogP contribution is 2.41. The summed E-state index contributed by atoms with van der Waals surface area (Å²) in [5.41, 5.74) is 2.62. The Kier molecular flexibility index (Phi) is 5.21. The van der Waals surface area contributed by atoms with Gasteiger partial charge in [0.25, 0.3) is 0 Å². The molecule has 0 amide bonds. The largest absolute Gasteiger partial charge is 0.382 e. The first-order valence-electron chi connectivity index (χ1n) is 7.80. The number of halogens is 3. The average Bonchev–Trinajstić information content (AvgIpc) is 2.57. The van der Waals surface area contributed by atoms with Crippen LogP contribution in [0.2, 0.25) is 10.2 Å². The van der Waals surface area contributed by atoms with E-state index in [-0.39, 0.29) is 21.8 Å². The Balaban J connectivity index is 2.25. The molecule has 3 aromatic rings. The summed E-state index contributed by atoms with van der Waals surface area (Å²) < 4.78 is 14.4. The number of hydrogen-bond acceptors (Lipinski definition) is 3. The topological polar surface area (TPSA) is 37.8 Å². The van der Waals surface area contributed by atoms with E-state index in [1.165, 1.54) is 6.07 Å². The maximum absolute atomic E-state index is 14.4. The predicted molar refractivity (Wildman–Crippen MR) is 102 cm³/mol. The van der Waals surface area contributed by atoms with E-state index in [1.54, 1.807) is 18.3 Å². The van der Waals surface area contributed by atoms with Crippen molar-refractivity contribution >= 4 is 28.9 Å². The number of pyridine rings is 2. The molecule has 3 rings (SSSR count). The van der Waals surface area contributed by atoms with E-state index in [1.807, 2.05) is 38.1 Å². The molecule has 0 aliphatic carbocycles. The van der Waals surface area contributed by atoms with Gasteiger partial charge in [0.2, 0.25) is 0 Å². The smallest absolute Gasteiger partial charge is 0.139 e. The minimum absolute atomic E-state index is 0.111. The standard InChI is InChI=1S/C19H16Cl2FN3/c1-11(2)24-16-10-15(14-8-3-4-9-23-14)25-19(21)18(16)17-12(20)6-5-7-13(17)22/h3-11H,1-2H3,(H,24,25). The van der Waals surface area contributed by atoms with Gasteiger partial charge in [0.05, 0.1) is 16.4 Å². The van der Waals surface area contributed by atoms with E-state index in [9.17, 15) is 4.39 Å². The van der Waals surface area contributed by atoms with Crippen LogP contribution in [-0.4, -0.2) is 16.0 Å². The number of anilines is 1. The van der Waals surface area contributed by atoms with Crippen LogP contribution in [0.3, 0.4) is 0 Å². The SMILES string of the molecule is CC(C)Nc1cc(-c2ccccn2)nc(Cl)c1-c1c(F)cccc1Cl. The number of rotatable bonds is 4. The molecular formula is C19H16Cl2FN3. The van der Waals surface area contributed by atoms with Crippen molar-refractivity contribution in [3.8, 4) is 22.5 Å². The van der Waals surface area contributed by atoms with Crippen LogP contribution < -0.4 is 5.32 Å². The maximum Gasteiger partial charge on any atom is 0.139 e. The molecular weight excluding hydrogens is 360 g/mol. The molecule has 0 spiro atoms. The summed E-state index contributed by atoms with van der Waals surface area (Å²) in [5, 5.41) is 3.74. The van der Waals surface area contributed by atoms with E-state index in [4.69, 9.17) is 23.2 Å². The Bertz CT molecular complexity index is 878. The van der Waals surface area contributed by atoms with Crippen molar-refractivity contribution in [3.63, 3.8) is 0 Å². The fraction of sp³-hybridized carbons (Fsp3) is 0.158. The van der Waals surface area contributed by atoms with Crippen LogP contribution in [0.15, 0.2) is 48.7 Å².